The van der Waals surface area contributed by atoms with E-state index in [1.54, 1.807) is 0 Å². The molecule has 0 radical (unpaired) electrons. The second kappa shape index (κ2) is 5.00. The van der Waals surface area contributed by atoms with Gasteiger partial charge in [0.05, 0.1) is 17.8 Å². The highest BCUT2D eigenvalue weighted by Gasteiger charge is 2.32. The van der Waals surface area contributed by atoms with Crippen molar-refractivity contribution in [1.29, 1.82) is 0 Å². The van der Waals surface area contributed by atoms with Crippen LogP contribution in [0.3, 0.4) is 0 Å². The Balaban J connectivity index is 1.51. The molecule has 0 aliphatic carbocycles. The molecule has 4 nitrogen and oxygen atoms in total. The van der Waals surface area contributed by atoms with Gasteiger partial charge in [-0.1, -0.05) is 0 Å². The van der Waals surface area contributed by atoms with Gasteiger partial charge in [0.25, 0.3) is 0 Å². The fourth-order valence-electron chi connectivity index (χ4n) is 2.28. The van der Waals surface area contributed by atoms with Crippen LogP contribution in [-0.4, -0.2) is 50.6 Å². The number of hydrogen-bond acceptors (Lipinski definition) is 4. The van der Waals surface area contributed by atoms with Crippen molar-refractivity contribution in [2.75, 3.05) is 39.4 Å². The second-order valence-corrected chi connectivity index (χ2v) is 5.48. The lowest BCUT2D eigenvalue weighted by atomic mass is 10.0. The molecule has 0 aromatic carbocycles. The third kappa shape index (κ3) is 3.17. The van der Waals surface area contributed by atoms with Crippen LogP contribution in [0.15, 0.2) is 0 Å². The highest BCUT2D eigenvalue weighted by Crippen LogP contribution is 2.23. The van der Waals surface area contributed by atoms with Gasteiger partial charge in [-0.2, -0.15) is 0 Å². The van der Waals surface area contributed by atoms with E-state index in [2.05, 4.69) is 24.5 Å². The Hall–Kier alpha value is -0.160. The van der Waals surface area contributed by atoms with E-state index < -0.39 is 0 Å². The van der Waals surface area contributed by atoms with Crippen molar-refractivity contribution in [3.63, 3.8) is 0 Å². The Bertz CT molecular complexity index is 223. The topological polar surface area (TPSA) is 42.5 Å². The quantitative estimate of drug-likeness (QED) is 0.651. The summed E-state index contributed by atoms with van der Waals surface area (Å²) in [6.07, 6.45) is 2.36. The summed E-state index contributed by atoms with van der Waals surface area (Å²) in [6, 6.07) is 0. The molecule has 2 heterocycles. The molecule has 2 N–H and O–H groups in total. The Labute approximate surface area is 98.1 Å². The highest BCUT2D eigenvalue weighted by atomic mass is 16.5. The van der Waals surface area contributed by atoms with Gasteiger partial charge < -0.3 is 20.1 Å². The van der Waals surface area contributed by atoms with Crippen molar-refractivity contribution in [3.8, 4) is 0 Å². The summed E-state index contributed by atoms with van der Waals surface area (Å²) >= 11 is 0. The summed E-state index contributed by atoms with van der Waals surface area (Å²) in [5.74, 6) is 0. The van der Waals surface area contributed by atoms with E-state index in [9.17, 15) is 0 Å². The first-order chi connectivity index (χ1) is 7.62. The fraction of sp³-hybridized carbons (Fsp3) is 1.00. The van der Waals surface area contributed by atoms with E-state index in [1.807, 2.05) is 0 Å². The largest absolute Gasteiger partial charge is 0.374 e. The monoisotopic (exact) mass is 228 g/mol. The van der Waals surface area contributed by atoms with Crippen molar-refractivity contribution in [2.45, 2.75) is 37.9 Å². The molecule has 1 atom stereocenters. The Kier molecular flexibility index (Phi) is 3.85. The van der Waals surface area contributed by atoms with E-state index in [4.69, 9.17) is 9.47 Å². The summed E-state index contributed by atoms with van der Waals surface area (Å²) in [5, 5.41) is 6.65. The van der Waals surface area contributed by atoms with Crippen molar-refractivity contribution < 1.29 is 9.47 Å². The van der Waals surface area contributed by atoms with Crippen LogP contribution in [0, 0.1) is 0 Å². The average molecular weight is 228 g/mol. The summed E-state index contributed by atoms with van der Waals surface area (Å²) < 4.78 is 11.5. The van der Waals surface area contributed by atoms with Gasteiger partial charge in [0.15, 0.2) is 0 Å². The van der Waals surface area contributed by atoms with Gasteiger partial charge in [-0.05, 0) is 26.7 Å². The number of rotatable bonds is 6. The van der Waals surface area contributed by atoms with Crippen LogP contribution in [0.4, 0.5) is 0 Å². The second-order valence-electron chi connectivity index (χ2n) is 5.48. The van der Waals surface area contributed by atoms with Gasteiger partial charge in [0.2, 0.25) is 0 Å². The van der Waals surface area contributed by atoms with Crippen LogP contribution in [0.1, 0.15) is 26.7 Å². The summed E-state index contributed by atoms with van der Waals surface area (Å²) in [5.41, 5.74) is 0.136. The van der Waals surface area contributed by atoms with E-state index in [-0.39, 0.29) is 11.2 Å². The van der Waals surface area contributed by atoms with Crippen molar-refractivity contribution in [3.05, 3.63) is 0 Å². The lowest BCUT2D eigenvalue weighted by molar-refractivity contribution is -0.0660. The lowest BCUT2D eigenvalue weighted by Crippen LogP contribution is -2.59. The molecular formula is C12H24N2O2. The molecule has 2 saturated heterocycles. The standard InChI is InChI=1S/C12H24N2O2/c1-11(4-3-6-15-11)8-13-5-7-16-12(2)9-14-10-12/h13-14H,3-10H2,1-2H3. The molecule has 94 valence electrons. The number of ether oxygens (including phenoxy) is 2. The first-order valence-corrected chi connectivity index (χ1v) is 6.31. The molecule has 2 rings (SSSR count). The Morgan fingerprint density at radius 1 is 1.38 bits per heavy atom. The SMILES string of the molecule is CC1(CNCCOC2(C)CNC2)CCCO1. The minimum Gasteiger partial charge on any atom is -0.374 e. The molecular weight excluding hydrogens is 204 g/mol. The molecule has 2 aliphatic rings. The Morgan fingerprint density at radius 3 is 2.75 bits per heavy atom. The fourth-order valence-corrected chi connectivity index (χ4v) is 2.28. The normalized spacial score (nSPS) is 32.6. The summed E-state index contributed by atoms with van der Waals surface area (Å²) in [4.78, 5) is 0. The van der Waals surface area contributed by atoms with Crippen molar-refractivity contribution in [2.24, 2.45) is 0 Å². The average Bonchev–Trinajstić information content (AvgIpc) is 2.62. The molecule has 4 heteroatoms. The molecule has 0 aromatic heterocycles. The maximum atomic E-state index is 5.80. The summed E-state index contributed by atoms with van der Waals surface area (Å²) in [7, 11) is 0. The molecule has 0 aromatic rings. The van der Waals surface area contributed by atoms with E-state index in [0.717, 1.165) is 39.4 Å². The van der Waals surface area contributed by atoms with E-state index in [0.29, 0.717) is 0 Å². The lowest BCUT2D eigenvalue weighted by Gasteiger charge is -2.39. The zero-order valence-corrected chi connectivity index (χ0v) is 10.5. The van der Waals surface area contributed by atoms with Gasteiger partial charge in [0.1, 0.15) is 0 Å². The van der Waals surface area contributed by atoms with Crippen LogP contribution in [0.25, 0.3) is 0 Å². The van der Waals surface area contributed by atoms with Gasteiger partial charge >= 0.3 is 0 Å². The smallest absolute Gasteiger partial charge is 0.0902 e. The van der Waals surface area contributed by atoms with Gasteiger partial charge in [0, 0.05) is 32.8 Å². The zero-order valence-electron chi connectivity index (χ0n) is 10.5. The van der Waals surface area contributed by atoms with Crippen LogP contribution >= 0.6 is 0 Å². The maximum Gasteiger partial charge on any atom is 0.0902 e. The van der Waals surface area contributed by atoms with Crippen molar-refractivity contribution >= 4 is 0 Å². The first kappa shape index (κ1) is 12.3. The number of nitrogens with one attached hydrogen (secondary N) is 2. The molecule has 2 aliphatic heterocycles. The van der Waals surface area contributed by atoms with E-state index in [1.165, 1.54) is 12.8 Å². The number of hydrogen-bond donors (Lipinski definition) is 2. The van der Waals surface area contributed by atoms with Gasteiger partial charge in [-0.15, -0.1) is 0 Å². The molecule has 1 unspecified atom stereocenters. The van der Waals surface area contributed by atoms with Crippen LogP contribution in [0.5, 0.6) is 0 Å². The predicted octanol–water partition coefficient (Wildman–Crippen LogP) is 0.524. The molecule has 0 spiro atoms. The maximum absolute atomic E-state index is 5.80. The minimum absolute atomic E-state index is 0.0575. The zero-order chi connectivity index (χ0) is 11.5. The minimum atomic E-state index is 0.0575. The first-order valence-electron chi connectivity index (χ1n) is 6.31. The highest BCUT2D eigenvalue weighted by molar-refractivity contribution is 4.90. The van der Waals surface area contributed by atoms with Crippen LogP contribution in [0.2, 0.25) is 0 Å². The molecule has 16 heavy (non-hydrogen) atoms. The van der Waals surface area contributed by atoms with Gasteiger partial charge in [-0.3, -0.25) is 0 Å². The third-order valence-corrected chi connectivity index (χ3v) is 3.53. The predicted molar refractivity (Wildman–Crippen MR) is 63.7 cm³/mol. The molecule has 2 fully saturated rings. The van der Waals surface area contributed by atoms with Crippen molar-refractivity contribution in [1.82, 2.24) is 10.6 Å². The molecule has 0 amide bonds. The molecule has 0 bridgehead atoms. The van der Waals surface area contributed by atoms with Gasteiger partial charge in [-0.25, -0.2) is 0 Å². The molecule has 0 saturated carbocycles. The Morgan fingerprint density at radius 2 is 2.19 bits per heavy atom. The third-order valence-electron chi connectivity index (χ3n) is 3.53. The van der Waals surface area contributed by atoms with Crippen LogP contribution < -0.4 is 10.6 Å². The van der Waals surface area contributed by atoms with Crippen LogP contribution in [-0.2, 0) is 9.47 Å². The summed E-state index contributed by atoms with van der Waals surface area (Å²) in [6.45, 7) is 9.85. The van der Waals surface area contributed by atoms with E-state index >= 15 is 0 Å².